The Morgan fingerprint density at radius 2 is 2.06 bits per heavy atom. The van der Waals surface area contributed by atoms with Gasteiger partial charge in [0.05, 0.1) is 16.9 Å². The minimum Gasteiger partial charge on any atom is -0.397 e. The van der Waals surface area contributed by atoms with Crippen molar-refractivity contribution < 1.29 is 22.7 Å². The van der Waals surface area contributed by atoms with E-state index in [2.05, 4.69) is 5.32 Å². The minimum absolute atomic E-state index is 0.122. The Morgan fingerprint density at radius 1 is 1.44 bits per heavy atom. The summed E-state index contributed by atoms with van der Waals surface area (Å²) < 4.78 is 41.9. The molecule has 0 aromatic heterocycles. The number of nitrogens with one attached hydrogen (secondary N) is 1. The summed E-state index contributed by atoms with van der Waals surface area (Å²) in [5.74, 6) is -0.482. The number of methoxy groups -OCH3 is 1. The molecule has 7 heteroatoms. The Bertz CT molecular complexity index is 446. The molecule has 1 atom stereocenters. The van der Waals surface area contributed by atoms with Crippen LogP contribution in [0.4, 0.5) is 24.5 Å². The fraction of sp³-hybridized carbons (Fsp3) is 0.364. The first kappa shape index (κ1) is 14.3. The Labute approximate surface area is 102 Å². The summed E-state index contributed by atoms with van der Waals surface area (Å²) in [5.41, 5.74) is 4.56. The topological polar surface area (TPSA) is 64.3 Å². The first-order valence-corrected chi connectivity index (χ1v) is 5.06. The third-order valence-corrected chi connectivity index (χ3v) is 2.36. The van der Waals surface area contributed by atoms with Crippen molar-refractivity contribution >= 4 is 17.3 Å². The van der Waals surface area contributed by atoms with Crippen molar-refractivity contribution in [3.63, 3.8) is 0 Å². The van der Waals surface area contributed by atoms with Crippen molar-refractivity contribution in [1.29, 1.82) is 0 Å². The van der Waals surface area contributed by atoms with E-state index in [1.54, 1.807) is 0 Å². The highest BCUT2D eigenvalue weighted by Gasteiger charge is 2.30. The van der Waals surface area contributed by atoms with Gasteiger partial charge in [0.25, 0.3) is 5.91 Å². The van der Waals surface area contributed by atoms with Crippen LogP contribution in [0.25, 0.3) is 0 Å². The fourth-order valence-corrected chi connectivity index (χ4v) is 1.19. The highest BCUT2D eigenvalue weighted by Crippen LogP contribution is 2.32. The lowest BCUT2D eigenvalue weighted by Gasteiger charge is -2.14. The Morgan fingerprint density at radius 3 is 2.50 bits per heavy atom. The van der Waals surface area contributed by atoms with Crippen LogP contribution in [0, 0.1) is 0 Å². The molecule has 1 rings (SSSR count). The van der Waals surface area contributed by atoms with Gasteiger partial charge in [-0.3, -0.25) is 4.79 Å². The summed E-state index contributed by atoms with van der Waals surface area (Å²) in [6.45, 7) is 1.51. The molecule has 0 spiro atoms. The number of benzene rings is 1. The standard InChI is InChI=1S/C11H13F3N2O2/c1-6(18-2)10(17)16-9-4-3-7(5-8(9)15)11(12,13)14/h3-6H,15H2,1-2H3,(H,16,17). The molecule has 1 unspecified atom stereocenters. The molecule has 1 aromatic rings. The number of nitrogens with two attached hydrogens (primary N) is 1. The lowest BCUT2D eigenvalue weighted by Crippen LogP contribution is -2.27. The van der Waals surface area contributed by atoms with Crippen LogP contribution in [0.2, 0.25) is 0 Å². The van der Waals surface area contributed by atoms with Gasteiger partial charge in [-0.1, -0.05) is 0 Å². The first-order chi connectivity index (χ1) is 8.25. The lowest BCUT2D eigenvalue weighted by molar-refractivity contribution is -0.137. The molecule has 0 radical (unpaired) electrons. The zero-order chi connectivity index (χ0) is 13.9. The molecular weight excluding hydrogens is 249 g/mol. The Kier molecular flexibility index (Phi) is 4.18. The zero-order valence-electron chi connectivity index (χ0n) is 9.84. The van der Waals surface area contributed by atoms with Gasteiger partial charge in [0, 0.05) is 7.11 Å². The summed E-state index contributed by atoms with van der Waals surface area (Å²) in [6, 6.07) is 2.73. The summed E-state index contributed by atoms with van der Waals surface area (Å²) in [4.78, 5) is 11.5. The van der Waals surface area contributed by atoms with Gasteiger partial charge < -0.3 is 15.8 Å². The molecule has 100 valence electrons. The van der Waals surface area contributed by atoms with Crippen molar-refractivity contribution in [2.75, 3.05) is 18.2 Å². The molecule has 0 aliphatic rings. The third-order valence-electron chi connectivity index (χ3n) is 2.36. The second-order valence-corrected chi connectivity index (χ2v) is 3.67. The number of ether oxygens (including phenoxy) is 1. The number of halogens is 3. The van der Waals surface area contributed by atoms with Crippen molar-refractivity contribution in [2.45, 2.75) is 19.2 Å². The van der Waals surface area contributed by atoms with Crippen LogP contribution >= 0.6 is 0 Å². The van der Waals surface area contributed by atoms with Crippen molar-refractivity contribution in [1.82, 2.24) is 0 Å². The first-order valence-electron chi connectivity index (χ1n) is 5.06. The monoisotopic (exact) mass is 262 g/mol. The van der Waals surface area contributed by atoms with Gasteiger partial charge in [0.1, 0.15) is 6.10 Å². The predicted octanol–water partition coefficient (Wildman–Crippen LogP) is 2.26. The van der Waals surface area contributed by atoms with Crippen LogP contribution in [0.5, 0.6) is 0 Å². The van der Waals surface area contributed by atoms with Crippen LogP contribution in [0.15, 0.2) is 18.2 Å². The van der Waals surface area contributed by atoms with E-state index in [9.17, 15) is 18.0 Å². The van der Waals surface area contributed by atoms with Gasteiger partial charge >= 0.3 is 6.18 Å². The smallest absolute Gasteiger partial charge is 0.397 e. The van der Waals surface area contributed by atoms with Gasteiger partial charge in [-0.2, -0.15) is 13.2 Å². The van der Waals surface area contributed by atoms with Crippen LogP contribution in [0.1, 0.15) is 12.5 Å². The Balaban J connectivity index is 2.90. The average Bonchev–Trinajstić information content (AvgIpc) is 2.29. The van der Waals surface area contributed by atoms with E-state index in [0.717, 1.165) is 18.2 Å². The number of carbonyl (C=O) groups excluding carboxylic acids is 1. The van der Waals surface area contributed by atoms with Crippen LogP contribution in [0.3, 0.4) is 0 Å². The SMILES string of the molecule is COC(C)C(=O)Nc1ccc(C(F)(F)F)cc1N. The number of carbonyl (C=O) groups is 1. The molecule has 0 aliphatic carbocycles. The summed E-state index contributed by atoms with van der Waals surface area (Å²) in [7, 11) is 1.35. The van der Waals surface area contributed by atoms with E-state index >= 15 is 0 Å². The largest absolute Gasteiger partial charge is 0.416 e. The number of alkyl halides is 3. The number of anilines is 2. The minimum atomic E-state index is -4.46. The van der Waals surface area contributed by atoms with Gasteiger partial charge in [0.2, 0.25) is 0 Å². The van der Waals surface area contributed by atoms with E-state index in [1.165, 1.54) is 14.0 Å². The molecule has 0 heterocycles. The molecule has 0 saturated heterocycles. The highest BCUT2D eigenvalue weighted by molar-refractivity contribution is 5.96. The fourth-order valence-electron chi connectivity index (χ4n) is 1.19. The van der Waals surface area contributed by atoms with E-state index in [-0.39, 0.29) is 11.4 Å². The highest BCUT2D eigenvalue weighted by atomic mass is 19.4. The van der Waals surface area contributed by atoms with Gasteiger partial charge in [0.15, 0.2) is 0 Å². The number of amides is 1. The molecular formula is C11H13F3N2O2. The quantitative estimate of drug-likeness (QED) is 0.821. The third kappa shape index (κ3) is 3.36. The molecule has 0 saturated carbocycles. The summed E-state index contributed by atoms with van der Waals surface area (Å²) >= 11 is 0. The molecule has 0 fully saturated rings. The van der Waals surface area contributed by atoms with Crippen LogP contribution in [-0.2, 0) is 15.7 Å². The van der Waals surface area contributed by atoms with E-state index < -0.39 is 23.8 Å². The van der Waals surface area contributed by atoms with Crippen molar-refractivity contribution in [3.05, 3.63) is 23.8 Å². The number of hydrogen-bond donors (Lipinski definition) is 2. The number of hydrogen-bond acceptors (Lipinski definition) is 3. The van der Waals surface area contributed by atoms with E-state index in [4.69, 9.17) is 10.5 Å². The zero-order valence-corrected chi connectivity index (χ0v) is 9.84. The number of nitrogen functional groups attached to an aromatic ring is 1. The normalized spacial score (nSPS) is 13.2. The lowest BCUT2D eigenvalue weighted by atomic mass is 10.1. The van der Waals surface area contributed by atoms with Gasteiger partial charge in [-0.05, 0) is 25.1 Å². The summed E-state index contributed by atoms with van der Waals surface area (Å²) in [5, 5.41) is 2.38. The molecule has 0 aliphatic heterocycles. The molecule has 1 amide bonds. The molecule has 0 bridgehead atoms. The second kappa shape index (κ2) is 5.26. The van der Waals surface area contributed by atoms with Gasteiger partial charge in [-0.25, -0.2) is 0 Å². The summed E-state index contributed by atoms with van der Waals surface area (Å²) in [6.07, 6.45) is -5.18. The maximum Gasteiger partial charge on any atom is 0.416 e. The van der Waals surface area contributed by atoms with Gasteiger partial charge in [-0.15, -0.1) is 0 Å². The molecule has 3 N–H and O–H groups in total. The van der Waals surface area contributed by atoms with E-state index in [0.29, 0.717) is 0 Å². The Hall–Kier alpha value is -1.76. The number of rotatable bonds is 3. The maximum absolute atomic E-state index is 12.4. The average molecular weight is 262 g/mol. The van der Waals surface area contributed by atoms with Crippen LogP contribution in [-0.4, -0.2) is 19.1 Å². The second-order valence-electron chi connectivity index (χ2n) is 3.67. The molecule has 4 nitrogen and oxygen atoms in total. The van der Waals surface area contributed by atoms with Crippen molar-refractivity contribution in [2.24, 2.45) is 0 Å². The van der Waals surface area contributed by atoms with Crippen LogP contribution < -0.4 is 11.1 Å². The van der Waals surface area contributed by atoms with Crippen molar-refractivity contribution in [3.8, 4) is 0 Å². The molecule has 18 heavy (non-hydrogen) atoms. The van der Waals surface area contributed by atoms with E-state index in [1.807, 2.05) is 0 Å². The molecule has 1 aromatic carbocycles. The maximum atomic E-state index is 12.4. The predicted molar refractivity (Wildman–Crippen MR) is 61.0 cm³/mol.